The second-order valence-electron chi connectivity index (χ2n) is 4.51. The molecule has 0 saturated carbocycles. The molecular formula is C16H14BrNO3. The summed E-state index contributed by atoms with van der Waals surface area (Å²) in [6.07, 6.45) is 0. The number of esters is 1. The predicted octanol–water partition coefficient (Wildman–Crippen LogP) is 3.80. The van der Waals surface area contributed by atoms with Crippen molar-refractivity contribution >= 4 is 33.5 Å². The summed E-state index contributed by atoms with van der Waals surface area (Å²) in [5.41, 5.74) is 2.46. The molecule has 5 heteroatoms. The molecule has 0 radical (unpaired) electrons. The van der Waals surface area contributed by atoms with Crippen LogP contribution < -0.4 is 5.32 Å². The molecule has 0 fully saturated rings. The Bertz CT molecular complexity index is 698. The lowest BCUT2D eigenvalue weighted by Crippen LogP contribution is -2.13. The first-order chi connectivity index (χ1) is 10.0. The number of anilines is 1. The SMILES string of the molecule is COC(=O)c1cccc(NC(=O)c2cc(C)ccc2Br)c1. The van der Waals surface area contributed by atoms with Gasteiger partial charge in [0.2, 0.25) is 0 Å². The van der Waals surface area contributed by atoms with E-state index in [9.17, 15) is 9.59 Å². The van der Waals surface area contributed by atoms with Crippen LogP contribution in [0, 0.1) is 6.92 Å². The molecule has 1 N–H and O–H groups in total. The summed E-state index contributed by atoms with van der Waals surface area (Å²) in [5, 5.41) is 2.77. The van der Waals surface area contributed by atoms with Gasteiger partial charge < -0.3 is 10.1 Å². The Morgan fingerprint density at radius 1 is 1.14 bits per heavy atom. The fraction of sp³-hybridized carbons (Fsp3) is 0.125. The molecule has 0 aliphatic rings. The fourth-order valence-corrected chi connectivity index (χ4v) is 2.28. The molecule has 108 valence electrons. The van der Waals surface area contributed by atoms with Crippen LogP contribution in [0.5, 0.6) is 0 Å². The van der Waals surface area contributed by atoms with E-state index in [2.05, 4.69) is 26.0 Å². The predicted molar refractivity (Wildman–Crippen MR) is 84.6 cm³/mol. The van der Waals surface area contributed by atoms with E-state index in [1.54, 1.807) is 30.3 Å². The summed E-state index contributed by atoms with van der Waals surface area (Å²) in [4.78, 5) is 23.8. The maximum absolute atomic E-state index is 12.3. The fourth-order valence-electron chi connectivity index (χ4n) is 1.85. The Morgan fingerprint density at radius 2 is 1.90 bits per heavy atom. The third-order valence-electron chi connectivity index (χ3n) is 2.91. The van der Waals surface area contributed by atoms with Crippen molar-refractivity contribution in [3.8, 4) is 0 Å². The van der Waals surface area contributed by atoms with E-state index >= 15 is 0 Å². The van der Waals surface area contributed by atoms with Gasteiger partial charge in [0.05, 0.1) is 18.2 Å². The number of methoxy groups -OCH3 is 1. The molecule has 4 nitrogen and oxygen atoms in total. The molecular weight excluding hydrogens is 334 g/mol. The first-order valence-corrected chi connectivity index (χ1v) is 7.06. The van der Waals surface area contributed by atoms with Crippen molar-refractivity contribution in [1.82, 2.24) is 0 Å². The maximum Gasteiger partial charge on any atom is 0.337 e. The third kappa shape index (κ3) is 3.70. The van der Waals surface area contributed by atoms with Gasteiger partial charge >= 0.3 is 5.97 Å². The van der Waals surface area contributed by atoms with Crippen LogP contribution in [-0.4, -0.2) is 19.0 Å². The lowest BCUT2D eigenvalue weighted by Gasteiger charge is -2.09. The van der Waals surface area contributed by atoms with Crippen LogP contribution in [0.3, 0.4) is 0 Å². The normalized spacial score (nSPS) is 10.0. The number of amides is 1. The molecule has 0 spiro atoms. The van der Waals surface area contributed by atoms with E-state index in [4.69, 9.17) is 0 Å². The second-order valence-corrected chi connectivity index (χ2v) is 5.36. The van der Waals surface area contributed by atoms with Gasteiger partial charge in [-0.15, -0.1) is 0 Å². The van der Waals surface area contributed by atoms with Gasteiger partial charge in [0.1, 0.15) is 0 Å². The zero-order valence-electron chi connectivity index (χ0n) is 11.6. The van der Waals surface area contributed by atoms with E-state index < -0.39 is 5.97 Å². The average Bonchev–Trinajstić information content (AvgIpc) is 2.49. The Kier molecular flexibility index (Phi) is 4.75. The number of carbonyl (C=O) groups excluding carboxylic acids is 2. The van der Waals surface area contributed by atoms with Crippen molar-refractivity contribution in [3.63, 3.8) is 0 Å². The first-order valence-electron chi connectivity index (χ1n) is 6.27. The molecule has 0 aliphatic heterocycles. The minimum atomic E-state index is -0.442. The number of nitrogens with one attached hydrogen (secondary N) is 1. The van der Waals surface area contributed by atoms with E-state index in [1.165, 1.54) is 7.11 Å². The monoisotopic (exact) mass is 347 g/mol. The molecule has 21 heavy (non-hydrogen) atoms. The van der Waals surface area contributed by atoms with Gasteiger partial charge in [-0.05, 0) is 53.2 Å². The standard InChI is InChI=1S/C16H14BrNO3/c1-10-6-7-14(17)13(8-10)15(19)18-12-5-3-4-11(9-12)16(20)21-2/h3-9H,1-2H3,(H,18,19). The molecule has 0 atom stereocenters. The number of hydrogen-bond donors (Lipinski definition) is 1. The van der Waals surface area contributed by atoms with Crippen LogP contribution in [0.25, 0.3) is 0 Å². The number of halogens is 1. The summed E-state index contributed by atoms with van der Waals surface area (Å²) < 4.78 is 5.37. The molecule has 0 aromatic heterocycles. The molecule has 0 saturated heterocycles. The molecule has 0 heterocycles. The van der Waals surface area contributed by atoms with Crippen LogP contribution in [0.4, 0.5) is 5.69 Å². The number of carbonyl (C=O) groups is 2. The van der Waals surface area contributed by atoms with E-state index in [-0.39, 0.29) is 5.91 Å². The van der Waals surface area contributed by atoms with Gasteiger partial charge in [-0.1, -0.05) is 17.7 Å². The molecule has 0 unspecified atom stereocenters. The number of rotatable bonds is 3. The number of hydrogen-bond acceptors (Lipinski definition) is 3. The van der Waals surface area contributed by atoms with Crippen molar-refractivity contribution in [2.45, 2.75) is 6.92 Å². The lowest BCUT2D eigenvalue weighted by atomic mass is 10.1. The van der Waals surface area contributed by atoms with Crippen LogP contribution in [0.1, 0.15) is 26.3 Å². The smallest absolute Gasteiger partial charge is 0.337 e. The Morgan fingerprint density at radius 3 is 2.62 bits per heavy atom. The van der Waals surface area contributed by atoms with Gasteiger partial charge in [0.25, 0.3) is 5.91 Å². The van der Waals surface area contributed by atoms with Gasteiger partial charge in [0.15, 0.2) is 0 Å². The first kappa shape index (κ1) is 15.3. The Balaban J connectivity index is 2.23. The number of ether oxygens (including phenoxy) is 1. The summed E-state index contributed by atoms with van der Waals surface area (Å²) in [5.74, 6) is -0.685. The second kappa shape index (κ2) is 6.54. The van der Waals surface area contributed by atoms with Crippen molar-refractivity contribution < 1.29 is 14.3 Å². The third-order valence-corrected chi connectivity index (χ3v) is 3.60. The van der Waals surface area contributed by atoms with Gasteiger partial charge in [0, 0.05) is 10.2 Å². The summed E-state index contributed by atoms with van der Waals surface area (Å²) in [7, 11) is 1.32. The summed E-state index contributed by atoms with van der Waals surface area (Å²) in [6.45, 7) is 1.92. The summed E-state index contributed by atoms with van der Waals surface area (Å²) in [6, 6.07) is 12.1. The number of aryl methyl sites for hydroxylation is 1. The zero-order chi connectivity index (χ0) is 15.4. The van der Waals surface area contributed by atoms with Gasteiger partial charge in [-0.25, -0.2) is 4.79 Å². The highest BCUT2D eigenvalue weighted by molar-refractivity contribution is 9.10. The lowest BCUT2D eigenvalue weighted by molar-refractivity contribution is 0.0600. The van der Waals surface area contributed by atoms with Gasteiger partial charge in [-0.3, -0.25) is 4.79 Å². The number of benzene rings is 2. The molecule has 2 aromatic carbocycles. The van der Waals surface area contributed by atoms with Gasteiger partial charge in [-0.2, -0.15) is 0 Å². The van der Waals surface area contributed by atoms with E-state index in [1.807, 2.05) is 19.1 Å². The Labute approximate surface area is 131 Å². The Hall–Kier alpha value is -2.14. The van der Waals surface area contributed by atoms with Crippen molar-refractivity contribution in [3.05, 3.63) is 63.6 Å². The van der Waals surface area contributed by atoms with Crippen molar-refractivity contribution in [1.29, 1.82) is 0 Å². The molecule has 0 bridgehead atoms. The van der Waals surface area contributed by atoms with E-state index in [0.29, 0.717) is 16.8 Å². The highest BCUT2D eigenvalue weighted by atomic mass is 79.9. The van der Waals surface area contributed by atoms with Crippen molar-refractivity contribution in [2.24, 2.45) is 0 Å². The largest absolute Gasteiger partial charge is 0.465 e. The van der Waals surface area contributed by atoms with Crippen molar-refractivity contribution in [2.75, 3.05) is 12.4 Å². The topological polar surface area (TPSA) is 55.4 Å². The molecule has 0 aliphatic carbocycles. The molecule has 2 aromatic rings. The van der Waals surface area contributed by atoms with Crippen LogP contribution >= 0.6 is 15.9 Å². The maximum atomic E-state index is 12.3. The van der Waals surface area contributed by atoms with Crippen LogP contribution in [-0.2, 0) is 4.74 Å². The molecule has 1 amide bonds. The summed E-state index contributed by atoms with van der Waals surface area (Å²) >= 11 is 3.36. The van der Waals surface area contributed by atoms with Crippen LogP contribution in [0.15, 0.2) is 46.9 Å². The highest BCUT2D eigenvalue weighted by Crippen LogP contribution is 2.20. The highest BCUT2D eigenvalue weighted by Gasteiger charge is 2.12. The quantitative estimate of drug-likeness (QED) is 0.859. The molecule has 2 rings (SSSR count). The minimum absolute atomic E-state index is 0.243. The minimum Gasteiger partial charge on any atom is -0.465 e. The average molecular weight is 348 g/mol. The van der Waals surface area contributed by atoms with Crippen LogP contribution in [0.2, 0.25) is 0 Å². The van der Waals surface area contributed by atoms with E-state index in [0.717, 1.165) is 10.0 Å². The zero-order valence-corrected chi connectivity index (χ0v) is 13.2.